The van der Waals surface area contributed by atoms with E-state index in [9.17, 15) is 8.78 Å². The van der Waals surface area contributed by atoms with Crippen molar-refractivity contribution in [2.45, 2.75) is 6.05 Å². The minimum atomic E-state index is -2.55. The molecular formula is C6H10F2N2. The molecule has 10 heavy (non-hydrogen) atoms. The fraction of sp³-hybridized carbons (Fsp3) is 1.00. The van der Waals surface area contributed by atoms with Crippen LogP contribution in [0.15, 0.2) is 0 Å². The highest BCUT2D eigenvalue weighted by molar-refractivity contribution is 4.87. The van der Waals surface area contributed by atoms with Crippen LogP contribution in [0.1, 0.15) is 0 Å². The summed E-state index contributed by atoms with van der Waals surface area (Å²) in [7, 11) is 0. The summed E-state index contributed by atoms with van der Waals surface area (Å²) in [5.41, 5.74) is 0. The van der Waals surface area contributed by atoms with Crippen LogP contribution in [-0.2, 0) is 0 Å². The average Bonchev–Trinajstić information content (AvgIpc) is 1.87. The fourth-order valence-corrected chi connectivity index (χ4v) is 1.60. The summed E-state index contributed by atoms with van der Waals surface area (Å²) in [6.45, 7) is 2.64. The number of nitrogens with zero attached hydrogens (tertiary/aromatic N) is 2. The van der Waals surface area contributed by atoms with Gasteiger partial charge in [-0.1, -0.05) is 0 Å². The van der Waals surface area contributed by atoms with E-state index in [4.69, 9.17) is 0 Å². The molecule has 2 nitrogen and oxygen atoms in total. The maximum Gasteiger partial charge on any atom is 0.317 e. The van der Waals surface area contributed by atoms with Gasteiger partial charge in [0.15, 0.2) is 0 Å². The molecule has 3 rings (SSSR count). The van der Waals surface area contributed by atoms with Gasteiger partial charge in [-0.05, 0) is 0 Å². The van der Waals surface area contributed by atoms with E-state index in [-0.39, 0.29) is 6.54 Å². The molecule has 0 atom stereocenters. The fourth-order valence-electron chi connectivity index (χ4n) is 1.60. The molecule has 4 heteroatoms. The second kappa shape index (κ2) is 1.89. The van der Waals surface area contributed by atoms with Crippen molar-refractivity contribution in [1.82, 2.24) is 9.80 Å². The molecule has 3 aliphatic heterocycles. The zero-order chi connectivity index (χ0) is 7.19. The van der Waals surface area contributed by atoms with E-state index in [1.807, 2.05) is 4.90 Å². The average molecular weight is 148 g/mol. The van der Waals surface area contributed by atoms with E-state index in [2.05, 4.69) is 0 Å². The molecule has 0 radical (unpaired) electrons. The molecule has 0 N–H and O–H groups in total. The highest BCUT2D eigenvalue weighted by Crippen LogP contribution is 2.28. The molecule has 0 aromatic rings. The minimum absolute atomic E-state index is 0.0625. The van der Waals surface area contributed by atoms with Gasteiger partial charge < -0.3 is 0 Å². The van der Waals surface area contributed by atoms with Gasteiger partial charge in [0.05, 0.1) is 6.54 Å². The Hall–Kier alpha value is -0.220. The lowest BCUT2D eigenvalue weighted by Gasteiger charge is -2.46. The molecule has 0 aromatic carbocycles. The molecule has 58 valence electrons. The van der Waals surface area contributed by atoms with Gasteiger partial charge in [0.1, 0.15) is 0 Å². The number of alkyl halides is 2. The molecule has 0 saturated carbocycles. The second-order valence-corrected chi connectivity index (χ2v) is 2.93. The topological polar surface area (TPSA) is 6.48 Å². The van der Waals surface area contributed by atoms with Crippen LogP contribution in [-0.4, -0.2) is 48.6 Å². The van der Waals surface area contributed by atoms with E-state index in [0.717, 1.165) is 13.1 Å². The van der Waals surface area contributed by atoms with Crippen LogP contribution in [0.2, 0.25) is 0 Å². The van der Waals surface area contributed by atoms with Crippen LogP contribution in [0.25, 0.3) is 0 Å². The van der Waals surface area contributed by atoms with Crippen LogP contribution in [0, 0.1) is 0 Å². The Morgan fingerprint density at radius 2 is 1.60 bits per heavy atom. The monoisotopic (exact) mass is 148 g/mol. The van der Waals surface area contributed by atoms with Crippen LogP contribution >= 0.6 is 0 Å². The Morgan fingerprint density at radius 3 is 1.80 bits per heavy atom. The Kier molecular flexibility index (Phi) is 1.22. The van der Waals surface area contributed by atoms with Gasteiger partial charge in [0.2, 0.25) is 0 Å². The van der Waals surface area contributed by atoms with Crippen molar-refractivity contribution in [1.29, 1.82) is 0 Å². The first-order valence-corrected chi connectivity index (χ1v) is 3.54. The first-order valence-electron chi connectivity index (χ1n) is 3.54. The van der Waals surface area contributed by atoms with Crippen molar-refractivity contribution in [3.8, 4) is 0 Å². The molecule has 0 spiro atoms. The number of halogens is 2. The summed E-state index contributed by atoms with van der Waals surface area (Å²) in [6.07, 6.45) is 0. The van der Waals surface area contributed by atoms with Gasteiger partial charge in [-0.2, -0.15) is 8.78 Å². The lowest BCUT2D eigenvalue weighted by atomic mass is 10.2. The summed E-state index contributed by atoms with van der Waals surface area (Å²) in [6, 6.07) is -2.55. The number of hydrogen-bond donors (Lipinski definition) is 0. The largest absolute Gasteiger partial charge is 0.317 e. The first kappa shape index (κ1) is 6.49. The smallest absolute Gasteiger partial charge is 0.294 e. The predicted molar refractivity (Wildman–Crippen MR) is 33.0 cm³/mol. The predicted octanol–water partition coefficient (Wildman–Crippen LogP) is 0.210. The van der Waals surface area contributed by atoms with Crippen molar-refractivity contribution in [3.05, 3.63) is 0 Å². The Labute approximate surface area is 58.4 Å². The maximum absolute atomic E-state index is 12.8. The quantitative estimate of drug-likeness (QED) is 0.453. The molecule has 2 bridgehead atoms. The van der Waals surface area contributed by atoms with Gasteiger partial charge in [-0.25, -0.2) is 4.90 Å². The molecule has 3 aliphatic rings. The molecule has 0 unspecified atom stereocenters. The van der Waals surface area contributed by atoms with Gasteiger partial charge >= 0.3 is 6.05 Å². The molecular weight excluding hydrogens is 138 g/mol. The Morgan fingerprint density at radius 1 is 1.00 bits per heavy atom. The lowest BCUT2D eigenvalue weighted by molar-refractivity contribution is -0.211. The van der Waals surface area contributed by atoms with Crippen LogP contribution in [0.4, 0.5) is 8.78 Å². The summed E-state index contributed by atoms with van der Waals surface area (Å²) < 4.78 is 25.6. The zero-order valence-electron chi connectivity index (χ0n) is 5.69. The SMILES string of the molecule is FC1(F)CN2CCN1CC2. The van der Waals surface area contributed by atoms with Gasteiger partial charge in [-0.15, -0.1) is 0 Å². The minimum Gasteiger partial charge on any atom is -0.294 e. The third kappa shape index (κ3) is 0.828. The summed E-state index contributed by atoms with van der Waals surface area (Å²) >= 11 is 0. The molecule has 0 amide bonds. The number of hydrogen-bond acceptors (Lipinski definition) is 2. The number of piperazine rings is 3. The normalized spacial score (nSPS) is 43.8. The zero-order valence-corrected chi connectivity index (χ0v) is 5.69. The van der Waals surface area contributed by atoms with Crippen LogP contribution < -0.4 is 0 Å². The Bertz CT molecular complexity index is 141. The van der Waals surface area contributed by atoms with Gasteiger partial charge in [0, 0.05) is 26.2 Å². The van der Waals surface area contributed by atoms with E-state index >= 15 is 0 Å². The summed E-state index contributed by atoms with van der Waals surface area (Å²) in [4.78, 5) is 3.09. The van der Waals surface area contributed by atoms with E-state index < -0.39 is 6.05 Å². The second-order valence-electron chi connectivity index (χ2n) is 2.93. The summed E-state index contributed by atoms with van der Waals surface area (Å²) in [5.74, 6) is 0. The first-order chi connectivity index (χ1) is 4.68. The lowest BCUT2D eigenvalue weighted by Crippen LogP contribution is -2.64. The van der Waals surface area contributed by atoms with Crippen molar-refractivity contribution in [2.75, 3.05) is 32.7 Å². The number of fused-ring (bicyclic) bond motifs is 3. The molecule has 3 heterocycles. The Balaban J connectivity index is 2.15. The van der Waals surface area contributed by atoms with Crippen molar-refractivity contribution in [3.63, 3.8) is 0 Å². The molecule has 3 saturated heterocycles. The highest BCUT2D eigenvalue weighted by atomic mass is 19.3. The van der Waals surface area contributed by atoms with Gasteiger partial charge in [0.25, 0.3) is 0 Å². The van der Waals surface area contributed by atoms with E-state index in [1.165, 1.54) is 4.90 Å². The molecule has 3 fully saturated rings. The van der Waals surface area contributed by atoms with E-state index in [0.29, 0.717) is 13.1 Å². The molecule has 0 aliphatic carbocycles. The highest BCUT2D eigenvalue weighted by Gasteiger charge is 2.45. The van der Waals surface area contributed by atoms with Crippen molar-refractivity contribution < 1.29 is 8.78 Å². The van der Waals surface area contributed by atoms with E-state index in [1.54, 1.807) is 0 Å². The van der Waals surface area contributed by atoms with Crippen LogP contribution in [0.3, 0.4) is 0 Å². The third-order valence-corrected chi connectivity index (χ3v) is 2.25. The standard InChI is InChI=1S/C6H10F2N2/c7-6(8)5-9-1-3-10(6)4-2-9/h1-5H2. The van der Waals surface area contributed by atoms with Crippen LogP contribution in [0.5, 0.6) is 0 Å². The van der Waals surface area contributed by atoms with Crippen molar-refractivity contribution >= 4 is 0 Å². The maximum atomic E-state index is 12.8. The van der Waals surface area contributed by atoms with Crippen molar-refractivity contribution in [2.24, 2.45) is 0 Å². The molecule has 0 aromatic heterocycles. The third-order valence-electron chi connectivity index (χ3n) is 2.25. The van der Waals surface area contributed by atoms with Gasteiger partial charge in [-0.3, -0.25) is 4.90 Å². The number of rotatable bonds is 0. The summed E-state index contributed by atoms with van der Waals surface area (Å²) in [5, 5.41) is 0.